The molecule has 0 saturated heterocycles. The molecule has 0 aromatic carbocycles. The molecular weight excluding hydrogens is 300 g/mol. The fraction of sp³-hybridized carbons (Fsp3) is 0.920. The lowest BCUT2D eigenvalue weighted by atomic mass is 10.1. The Morgan fingerprint density at radius 2 is 0.600 bits per heavy atom. The molecule has 0 nitrogen and oxygen atoms in total. The summed E-state index contributed by atoms with van der Waals surface area (Å²) in [7, 11) is 0. The summed E-state index contributed by atoms with van der Waals surface area (Å²) in [6, 6.07) is 0. The summed E-state index contributed by atoms with van der Waals surface area (Å²) in [5, 5.41) is 0. The molecule has 0 fully saturated rings. The Balaban J connectivity index is 0. The van der Waals surface area contributed by atoms with Crippen molar-refractivity contribution in [2.45, 2.75) is 150 Å². The van der Waals surface area contributed by atoms with E-state index in [0.29, 0.717) is 0 Å². The van der Waals surface area contributed by atoms with Gasteiger partial charge in [-0.15, -0.1) is 0 Å². The van der Waals surface area contributed by atoms with E-state index in [-0.39, 0.29) is 0 Å². The molecule has 0 bridgehead atoms. The molecule has 0 radical (unpaired) electrons. The Morgan fingerprint density at radius 1 is 0.320 bits per heavy atom. The molecular formula is C25H52. The molecule has 0 rings (SSSR count). The highest BCUT2D eigenvalue weighted by Gasteiger charge is 1.89. The van der Waals surface area contributed by atoms with Gasteiger partial charge in [-0.1, -0.05) is 143 Å². The lowest BCUT2D eigenvalue weighted by Gasteiger charge is -1.98. The second-order valence-corrected chi connectivity index (χ2v) is 7.64. The third-order valence-corrected chi connectivity index (χ3v) is 4.82. The van der Waals surface area contributed by atoms with Crippen LogP contribution in [-0.2, 0) is 0 Å². The van der Waals surface area contributed by atoms with Gasteiger partial charge in [0.05, 0.1) is 0 Å². The van der Waals surface area contributed by atoms with Gasteiger partial charge in [0.25, 0.3) is 0 Å². The van der Waals surface area contributed by atoms with Gasteiger partial charge < -0.3 is 0 Å². The Hall–Kier alpha value is -0.260. The first kappa shape index (κ1) is 27.0. The van der Waals surface area contributed by atoms with Crippen molar-refractivity contribution in [3.8, 4) is 0 Å². The third-order valence-electron chi connectivity index (χ3n) is 4.82. The van der Waals surface area contributed by atoms with Crippen molar-refractivity contribution in [1.29, 1.82) is 0 Å². The van der Waals surface area contributed by atoms with Crippen LogP contribution in [0.3, 0.4) is 0 Å². The first-order chi connectivity index (χ1) is 12.3. The predicted molar refractivity (Wildman–Crippen MR) is 120 cm³/mol. The minimum absolute atomic E-state index is 1.28. The number of hydrogen-bond acceptors (Lipinski definition) is 0. The maximum atomic E-state index is 2.37. The molecule has 0 aromatic heterocycles. The van der Waals surface area contributed by atoms with Crippen molar-refractivity contribution in [1.82, 2.24) is 0 Å². The quantitative estimate of drug-likeness (QED) is 0.170. The van der Waals surface area contributed by atoms with Crippen molar-refractivity contribution in [2.75, 3.05) is 0 Å². The zero-order valence-corrected chi connectivity index (χ0v) is 18.6. The van der Waals surface area contributed by atoms with Crippen LogP contribution in [0.25, 0.3) is 0 Å². The average molecular weight is 353 g/mol. The van der Waals surface area contributed by atoms with E-state index in [9.17, 15) is 0 Å². The van der Waals surface area contributed by atoms with Crippen molar-refractivity contribution >= 4 is 0 Å². The van der Waals surface area contributed by atoms with Crippen LogP contribution in [0.15, 0.2) is 12.2 Å². The molecule has 0 unspecified atom stereocenters. The van der Waals surface area contributed by atoms with Gasteiger partial charge in [0, 0.05) is 0 Å². The van der Waals surface area contributed by atoms with E-state index in [1.165, 1.54) is 122 Å². The molecule has 0 aliphatic heterocycles. The monoisotopic (exact) mass is 352 g/mol. The molecule has 25 heavy (non-hydrogen) atoms. The molecule has 0 heterocycles. The zero-order valence-electron chi connectivity index (χ0n) is 18.6. The summed E-state index contributed by atoms with van der Waals surface area (Å²) in [6.07, 6.45) is 31.4. The molecule has 0 aliphatic carbocycles. The standard InChI is InChI=1S/C14H28.C11H24/c1-3-5-7-9-11-13-14-12-10-8-6-4-2;1-3-5-7-9-11-10-8-6-4-2/h9,11H,3-8,10,12-14H2,1-2H3;3-11H2,1-2H3/b11-9+;. The lowest BCUT2D eigenvalue weighted by Crippen LogP contribution is -1.79. The molecule has 0 atom stereocenters. The molecule has 152 valence electrons. The van der Waals surface area contributed by atoms with E-state index < -0.39 is 0 Å². The van der Waals surface area contributed by atoms with Crippen LogP contribution in [0.5, 0.6) is 0 Å². The maximum Gasteiger partial charge on any atom is -0.0351 e. The highest BCUT2D eigenvalue weighted by Crippen LogP contribution is 2.09. The van der Waals surface area contributed by atoms with Gasteiger partial charge in [-0.05, 0) is 19.3 Å². The fourth-order valence-electron chi connectivity index (χ4n) is 2.98. The SMILES string of the molecule is CCCC/C=C/CCCCCCCC.CCCCCCCCCCC. The summed E-state index contributed by atoms with van der Waals surface area (Å²) >= 11 is 0. The van der Waals surface area contributed by atoms with Gasteiger partial charge in [0.1, 0.15) is 0 Å². The van der Waals surface area contributed by atoms with Gasteiger partial charge in [-0.3, -0.25) is 0 Å². The Labute approximate surface area is 162 Å². The molecule has 0 N–H and O–H groups in total. The highest BCUT2D eigenvalue weighted by molar-refractivity contribution is 4.81. The number of unbranched alkanes of at least 4 members (excludes halogenated alkanes) is 16. The number of allylic oxidation sites excluding steroid dienone is 2. The minimum atomic E-state index is 1.28. The van der Waals surface area contributed by atoms with Gasteiger partial charge in [-0.25, -0.2) is 0 Å². The van der Waals surface area contributed by atoms with Gasteiger partial charge in [-0.2, -0.15) is 0 Å². The smallest absolute Gasteiger partial charge is 0.0351 e. The summed E-state index contributed by atoms with van der Waals surface area (Å²) in [5.41, 5.74) is 0. The first-order valence-corrected chi connectivity index (χ1v) is 12.0. The van der Waals surface area contributed by atoms with Crippen molar-refractivity contribution < 1.29 is 0 Å². The molecule has 0 saturated carbocycles. The van der Waals surface area contributed by atoms with Crippen molar-refractivity contribution in [3.63, 3.8) is 0 Å². The van der Waals surface area contributed by atoms with Gasteiger partial charge >= 0.3 is 0 Å². The van der Waals surface area contributed by atoms with Crippen LogP contribution in [0.2, 0.25) is 0 Å². The van der Waals surface area contributed by atoms with Crippen LogP contribution in [0, 0.1) is 0 Å². The second kappa shape index (κ2) is 28.5. The zero-order chi connectivity index (χ0) is 18.8. The molecule has 0 heteroatoms. The second-order valence-electron chi connectivity index (χ2n) is 7.64. The third kappa shape index (κ3) is 31.9. The number of hydrogen-bond donors (Lipinski definition) is 0. The van der Waals surface area contributed by atoms with E-state index in [1.54, 1.807) is 0 Å². The van der Waals surface area contributed by atoms with Crippen LogP contribution < -0.4 is 0 Å². The first-order valence-electron chi connectivity index (χ1n) is 12.0. The Bertz CT molecular complexity index is 208. The maximum absolute atomic E-state index is 2.37. The van der Waals surface area contributed by atoms with Crippen LogP contribution in [-0.4, -0.2) is 0 Å². The minimum Gasteiger partial charge on any atom is -0.0885 e. The van der Waals surface area contributed by atoms with E-state index >= 15 is 0 Å². The van der Waals surface area contributed by atoms with Gasteiger partial charge in [0.15, 0.2) is 0 Å². The summed E-state index contributed by atoms with van der Waals surface area (Å²) < 4.78 is 0. The summed E-state index contributed by atoms with van der Waals surface area (Å²) in [4.78, 5) is 0. The van der Waals surface area contributed by atoms with E-state index in [0.717, 1.165) is 0 Å². The number of rotatable bonds is 18. The van der Waals surface area contributed by atoms with E-state index in [2.05, 4.69) is 39.8 Å². The largest absolute Gasteiger partial charge is 0.0885 e. The van der Waals surface area contributed by atoms with Crippen LogP contribution in [0.4, 0.5) is 0 Å². The predicted octanol–water partition coefficient (Wildman–Crippen LogP) is 10.0. The van der Waals surface area contributed by atoms with Gasteiger partial charge in [0.2, 0.25) is 0 Å². The van der Waals surface area contributed by atoms with Crippen molar-refractivity contribution in [3.05, 3.63) is 12.2 Å². The summed E-state index contributed by atoms with van der Waals surface area (Å²) in [6.45, 7) is 9.08. The summed E-state index contributed by atoms with van der Waals surface area (Å²) in [5.74, 6) is 0. The van der Waals surface area contributed by atoms with E-state index in [4.69, 9.17) is 0 Å². The molecule has 0 aromatic rings. The molecule has 0 spiro atoms. The fourth-order valence-corrected chi connectivity index (χ4v) is 2.98. The van der Waals surface area contributed by atoms with Crippen molar-refractivity contribution in [2.24, 2.45) is 0 Å². The van der Waals surface area contributed by atoms with Crippen LogP contribution in [0.1, 0.15) is 150 Å². The molecule has 0 aliphatic rings. The lowest BCUT2D eigenvalue weighted by molar-refractivity contribution is 0.572. The Kier molecular flexibility index (Phi) is 30.8. The highest BCUT2D eigenvalue weighted by atomic mass is 14.0. The van der Waals surface area contributed by atoms with E-state index in [1.807, 2.05) is 0 Å². The average Bonchev–Trinajstić information content (AvgIpc) is 2.63. The normalized spacial score (nSPS) is 10.9. The Morgan fingerprint density at radius 3 is 0.960 bits per heavy atom. The molecule has 0 amide bonds. The van der Waals surface area contributed by atoms with Crippen LogP contribution >= 0.6 is 0 Å². The topological polar surface area (TPSA) is 0 Å².